The number of alkyl halides is 3. The van der Waals surface area contributed by atoms with Crippen LogP contribution in [0.2, 0.25) is 0 Å². The van der Waals surface area contributed by atoms with Crippen LogP contribution in [0.3, 0.4) is 0 Å². The minimum Gasteiger partial charge on any atom is -0.326 e. The molecule has 0 aliphatic rings. The highest BCUT2D eigenvalue weighted by molar-refractivity contribution is 5.29. The maximum absolute atomic E-state index is 12.4. The van der Waals surface area contributed by atoms with Gasteiger partial charge in [0.2, 0.25) is 0 Å². The first-order chi connectivity index (χ1) is 8.55. The van der Waals surface area contributed by atoms with Crippen molar-refractivity contribution >= 4 is 0 Å². The van der Waals surface area contributed by atoms with E-state index in [4.69, 9.17) is 0 Å². The van der Waals surface area contributed by atoms with Gasteiger partial charge in [-0.25, -0.2) is 9.97 Å². The van der Waals surface area contributed by atoms with Crippen molar-refractivity contribution in [3.8, 4) is 11.8 Å². The summed E-state index contributed by atoms with van der Waals surface area (Å²) in [6.07, 6.45) is 0.453. The number of pyridine rings is 1. The van der Waals surface area contributed by atoms with Gasteiger partial charge in [-0.15, -0.1) is 0 Å². The summed E-state index contributed by atoms with van der Waals surface area (Å²) in [4.78, 5) is 7.26. The fourth-order valence-electron chi connectivity index (χ4n) is 1.26. The molecule has 3 nitrogen and oxygen atoms in total. The molecular weight excluding hydrogens is 243 g/mol. The number of hydrogen-bond acceptors (Lipinski definition) is 2. The molecule has 0 radical (unpaired) electrons. The zero-order chi connectivity index (χ0) is 13.0. The molecule has 2 rings (SSSR count). The molecule has 0 N–H and O–H groups in total. The third kappa shape index (κ3) is 3.10. The molecule has 18 heavy (non-hydrogen) atoms. The summed E-state index contributed by atoms with van der Waals surface area (Å²) in [5.74, 6) is 5.31. The number of halogens is 3. The quantitative estimate of drug-likeness (QED) is 0.728. The Bertz CT molecular complexity index is 577. The highest BCUT2D eigenvalue weighted by Crippen LogP contribution is 2.27. The second-order valence-electron chi connectivity index (χ2n) is 3.44. The lowest BCUT2D eigenvalue weighted by Gasteiger charge is -2.04. The van der Waals surface area contributed by atoms with Gasteiger partial charge in [-0.3, -0.25) is 0 Å². The van der Waals surface area contributed by atoms with Crippen LogP contribution < -0.4 is 0 Å². The van der Waals surface area contributed by atoms with E-state index in [2.05, 4.69) is 21.8 Å². The molecule has 0 saturated heterocycles. The van der Waals surface area contributed by atoms with Crippen molar-refractivity contribution in [1.82, 2.24) is 14.5 Å². The minimum atomic E-state index is -4.44. The molecule has 0 amide bonds. The van der Waals surface area contributed by atoms with Crippen LogP contribution in [-0.2, 0) is 12.7 Å². The fraction of sp³-hybridized carbons (Fsp3) is 0.167. The van der Waals surface area contributed by atoms with Crippen molar-refractivity contribution in [2.75, 3.05) is 0 Å². The Kier molecular flexibility index (Phi) is 3.33. The Morgan fingerprint density at radius 2 is 2.11 bits per heavy atom. The molecule has 0 aromatic carbocycles. The lowest BCUT2D eigenvalue weighted by atomic mass is 10.3. The van der Waals surface area contributed by atoms with Gasteiger partial charge in [-0.05, 0) is 18.1 Å². The van der Waals surface area contributed by atoms with Crippen LogP contribution in [0.15, 0.2) is 36.9 Å². The second kappa shape index (κ2) is 4.92. The maximum atomic E-state index is 12.4. The predicted octanol–water partition coefficient (Wildman–Crippen LogP) is 2.35. The van der Waals surface area contributed by atoms with Crippen LogP contribution in [0.25, 0.3) is 0 Å². The topological polar surface area (TPSA) is 30.7 Å². The van der Waals surface area contributed by atoms with Crippen molar-refractivity contribution < 1.29 is 13.2 Å². The molecule has 92 valence electrons. The first-order valence-electron chi connectivity index (χ1n) is 5.04. The van der Waals surface area contributed by atoms with Crippen LogP contribution in [-0.4, -0.2) is 14.5 Å². The molecule has 2 aromatic heterocycles. The summed E-state index contributed by atoms with van der Waals surface area (Å²) >= 11 is 0. The molecular formula is C12H8F3N3. The van der Waals surface area contributed by atoms with Gasteiger partial charge in [0.05, 0.1) is 12.9 Å². The number of imidazole rings is 1. The maximum Gasteiger partial charge on any atom is 0.433 e. The zero-order valence-electron chi connectivity index (χ0n) is 9.15. The Morgan fingerprint density at radius 1 is 1.28 bits per heavy atom. The third-order valence-electron chi connectivity index (χ3n) is 2.08. The molecule has 0 spiro atoms. The van der Waals surface area contributed by atoms with Gasteiger partial charge in [0, 0.05) is 12.4 Å². The van der Waals surface area contributed by atoms with Gasteiger partial charge in [-0.1, -0.05) is 12.0 Å². The van der Waals surface area contributed by atoms with Crippen molar-refractivity contribution in [2.45, 2.75) is 12.7 Å². The second-order valence-corrected chi connectivity index (χ2v) is 3.44. The molecule has 2 aromatic rings. The largest absolute Gasteiger partial charge is 0.433 e. The Hall–Kier alpha value is -2.29. The molecule has 0 fully saturated rings. The zero-order valence-corrected chi connectivity index (χ0v) is 9.15. The molecule has 0 aliphatic carbocycles. The number of aromatic nitrogens is 3. The van der Waals surface area contributed by atoms with Gasteiger partial charge >= 0.3 is 6.18 Å². The lowest BCUT2D eigenvalue weighted by Crippen LogP contribution is -2.08. The standard InChI is InChI=1S/C12H8F3N3/c13-12(14,15)11-5-1-3-10(17-11)4-2-7-18-8-6-16-9-18/h1,3,5-6,8-9H,7H2. The van der Waals surface area contributed by atoms with Gasteiger partial charge in [-0.2, -0.15) is 13.2 Å². The molecule has 6 heteroatoms. The normalized spacial score (nSPS) is 10.8. The first kappa shape index (κ1) is 12.2. The van der Waals surface area contributed by atoms with E-state index >= 15 is 0 Å². The summed E-state index contributed by atoms with van der Waals surface area (Å²) in [5, 5.41) is 0. The number of rotatable bonds is 1. The van der Waals surface area contributed by atoms with Crippen molar-refractivity contribution in [1.29, 1.82) is 0 Å². The van der Waals surface area contributed by atoms with Crippen molar-refractivity contribution in [3.63, 3.8) is 0 Å². The monoisotopic (exact) mass is 251 g/mol. The molecule has 0 aliphatic heterocycles. The average molecular weight is 251 g/mol. The van der Waals surface area contributed by atoms with Crippen LogP contribution in [0.5, 0.6) is 0 Å². The van der Waals surface area contributed by atoms with Crippen molar-refractivity contribution in [3.05, 3.63) is 48.3 Å². The van der Waals surface area contributed by atoms with E-state index in [1.807, 2.05) is 0 Å². The van der Waals surface area contributed by atoms with E-state index in [0.29, 0.717) is 6.54 Å². The number of hydrogen-bond donors (Lipinski definition) is 0. The smallest absolute Gasteiger partial charge is 0.326 e. The highest BCUT2D eigenvalue weighted by atomic mass is 19.4. The van der Waals surface area contributed by atoms with E-state index in [1.54, 1.807) is 23.3 Å². The summed E-state index contributed by atoms with van der Waals surface area (Å²) < 4.78 is 38.9. The predicted molar refractivity (Wildman–Crippen MR) is 58.3 cm³/mol. The van der Waals surface area contributed by atoms with E-state index in [1.165, 1.54) is 12.1 Å². The van der Waals surface area contributed by atoms with E-state index in [-0.39, 0.29) is 5.69 Å². The lowest BCUT2D eigenvalue weighted by molar-refractivity contribution is -0.141. The van der Waals surface area contributed by atoms with Gasteiger partial charge in [0.15, 0.2) is 0 Å². The average Bonchev–Trinajstić information content (AvgIpc) is 2.81. The molecule has 0 saturated carbocycles. The van der Waals surface area contributed by atoms with Gasteiger partial charge < -0.3 is 4.57 Å². The minimum absolute atomic E-state index is 0.102. The van der Waals surface area contributed by atoms with Crippen LogP contribution in [0, 0.1) is 11.8 Å². The van der Waals surface area contributed by atoms with Crippen molar-refractivity contribution in [2.24, 2.45) is 0 Å². The van der Waals surface area contributed by atoms with Gasteiger partial charge in [0.1, 0.15) is 11.4 Å². The number of nitrogens with zero attached hydrogens (tertiary/aromatic N) is 3. The van der Waals surface area contributed by atoms with Crippen LogP contribution in [0.4, 0.5) is 13.2 Å². The molecule has 0 unspecified atom stereocenters. The molecule has 2 heterocycles. The van der Waals surface area contributed by atoms with Gasteiger partial charge in [0.25, 0.3) is 0 Å². The molecule has 0 bridgehead atoms. The third-order valence-corrected chi connectivity index (χ3v) is 2.08. The van der Waals surface area contributed by atoms with E-state index in [9.17, 15) is 13.2 Å². The first-order valence-corrected chi connectivity index (χ1v) is 5.04. The Morgan fingerprint density at radius 3 is 2.78 bits per heavy atom. The Labute approximate surface area is 101 Å². The SMILES string of the molecule is FC(F)(F)c1cccc(C#CCn2ccnc2)n1. The van der Waals surface area contributed by atoms with E-state index in [0.717, 1.165) is 6.07 Å². The summed E-state index contributed by atoms with van der Waals surface area (Å²) in [7, 11) is 0. The van der Waals surface area contributed by atoms with Crippen LogP contribution >= 0.6 is 0 Å². The van der Waals surface area contributed by atoms with E-state index < -0.39 is 11.9 Å². The fourth-order valence-corrected chi connectivity index (χ4v) is 1.26. The molecule has 0 atom stereocenters. The summed E-state index contributed by atoms with van der Waals surface area (Å²) in [5.41, 5.74) is -0.832. The Balaban J connectivity index is 2.13. The summed E-state index contributed by atoms with van der Waals surface area (Å²) in [6, 6.07) is 3.65. The highest BCUT2D eigenvalue weighted by Gasteiger charge is 2.32. The summed E-state index contributed by atoms with van der Waals surface area (Å²) in [6.45, 7) is 0.359. The van der Waals surface area contributed by atoms with Crippen LogP contribution in [0.1, 0.15) is 11.4 Å².